The minimum Gasteiger partial charge on any atom is -0.444 e. The number of nitrogens with zero attached hydrogens (tertiary/aromatic N) is 1. The quantitative estimate of drug-likeness (QED) is 0.908. The summed E-state index contributed by atoms with van der Waals surface area (Å²) in [5, 5.41) is 3.07. The van der Waals surface area contributed by atoms with Crippen molar-refractivity contribution in [2.45, 2.75) is 26.4 Å². The van der Waals surface area contributed by atoms with Crippen molar-refractivity contribution >= 4 is 0 Å². The van der Waals surface area contributed by atoms with E-state index in [1.165, 1.54) is 12.1 Å². The highest BCUT2D eigenvalue weighted by Gasteiger charge is 2.12. The van der Waals surface area contributed by atoms with Gasteiger partial charge in [-0.25, -0.2) is 13.8 Å². The molecule has 2 rings (SSSR count). The summed E-state index contributed by atoms with van der Waals surface area (Å²) < 4.78 is 31.5. The van der Waals surface area contributed by atoms with E-state index in [0.29, 0.717) is 11.5 Å². The van der Waals surface area contributed by atoms with E-state index in [0.717, 1.165) is 11.8 Å². The lowest BCUT2D eigenvalue weighted by Crippen LogP contribution is -2.19. The predicted octanol–water partition coefficient (Wildman–Crippen LogP) is 3.11. The van der Waals surface area contributed by atoms with Crippen LogP contribution < -0.4 is 5.32 Å². The summed E-state index contributed by atoms with van der Waals surface area (Å²) in [4.78, 5) is 4.08. The maximum Gasteiger partial charge on any atom is 0.211 e. The number of aryl methyl sites for hydroxylation is 1. The third-order valence-electron chi connectivity index (χ3n) is 2.62. The Hall–Kier alpha value is -1.75. The summed E-state index contributed by atoms with van der Waals surface area (Å²) in [6.45, 7) is 3.96. The van der Waals surface area contributed by atoms with E-state index in [1.54, 1.807) is 6.20 Å². The maximum atomic E-state index is 13.4. The average molecular weight is 252 g/mol. The first kappa shape index (κ1) is 12.7. The molecule has 96 valence electrons. The number of aromatic nitrogens is 1. The van der Waals surface area contributed by atoms with Crippen LogP contribution in [0.2, 0.25) is 0 Å². The van der Waals surface area contributed by atoms with E-state index in [4.69, 9.17) is 4.42 Å². The second-order valence-corrected chi connectivity index (χ2v) is 4.15. The summed E-state index contributed by atoms with van der Waals surface area (Å²) in [6.07, 6.45) is 1.63. The molecule has 0 spiro atoms. The first-order valence-corrected chi connectivity index (χ1v) is 5.66. The first-order valence-electron chi connectivity index (χ1n) is 5.66. The number of rotatable bonds is 4. The zero-order valence-corrected chi connectivity index (χ0v) is 10.2. The van der Waals surface area contributed by atoms with Crippen LogP contribution in [0.5, 0.6) is 0 Å². The minimum absolute atomic E-state index is 0.136. The van der Waals surface area contributed by atoms with Crippen molar-refractivity contribution in [3.63, 3.8) is 0 Å². The molecule has 0 fully saturated rings. The number of hydrogen-bond acceptors (Lipinski definition) is 3. The van der Waals surface area contributed by atoms with Gasteiger partial charge in [0.1, 0.15) is 17.4 Å². The molecule has 1 N–H and O–H groups in total. The second kappa shape index (κ2) is 5.27. The van der Waals surface area contributed by atoms with Crippen LogP contribution in [-0.2, 0) is 6.54 Å². The molecule has 1 aromatic carbocycles. The highest BCUT2D eigenvalue weighted by molar-refractivity contribution is 5.18. The van der Waals surface area contributed by atoms with Gasteiger partial charge in [0.15, 0.2) is 0 Å². The summed E-state index contributed by atoms with van der Waals surface area (Å²) >= 11 is 0. The highest BCUT2D eigenvalue weighted by atomic mass is 19.1. The zero-order chi connectivity index (χ0) is 13.1. The largest absolute Gasteiger partial charge is 0.444 e. The van der Waals surface area contributed by atoms with Gasteiger partial charge in [0.2, 0.25) is 5.89 Å². The molecule has 0 aliphatic heterocycles. The van der Waals surface area contributed by atoms with E-state index >= 15 is 0 Å². The molecule has 0 aliphatic carbocycles. The number of benzene rings is 1. The van der Waals surface area contributed by atoms with Crippen molar-refractivity contribution < 1.29 is 13.2 Å². The fourth-order valence-corrected chi connectivity index (χ4v) is 1.59. The van der Waals surface area contributed by atoms with Crippen LogP contribution in [0, 0.1) is 18.6 Å². The molecule has 0 radical (unpaired) electrons. The van der Waals surface area contributed by atoms with Crippen molar-refractivity contribution in [2.24, 2.45) is 0 Å². The van der Waals surface area contributed by atoms with Crippen LogP contribution in [0.3, 0.4) is 0 Å². The Morgan fingerprint density at radius 1 is 1.39 bits per heavy atom. The molecule has 3 nitrogen and oxygen atoms in total. The smallest absolute Gasteiger partial charge is 0.211 e. The average Bonchev–Trinajstić information content (AvgIpc) is 2.74. The van der Waals surface area contributed by atoms with Crippen molar-refractivity contribution in [1.29, 1.82) is 0 Å². The molecule has 0 saturated heterocycles. The first-order chi connectivity index (χ1) is 8.56. The Labute approximate surface area is 104 Å². The third-order valence-corrected chi connectivity index (χ3v) is 2.62. The monoisotopic (exact) mass is 252 g/mol. The van der Waals surface area contributed by atoms with Gasteiger partial charge in [-0.2, -0.15) is 0 Å². The van der Waals surface area contributed by atoms with E-state index in [1.807, 2.05) is 13.8 Å². The molecule has 1 aromatic heterocycles. The second-order valence-electron chi connectivity index (χ2n) is 4.15. The third kappa shape index (κ3) is 2.92. The lowest BCUT2D eigenvalue weighted by atomic mass is 10.2. The van der Waals surface area contributed by atoms with E-state index in [9.17, 15) is 8.78 Å². The molecule has 5 heteroatoms. The molecular formula is C13H14F2N2O. The molecule has 1 unspecified atom stereocenters. The van der Waals surface area contributed by atoms with Crippen LogP contribution in [0.1, 0.15) is 30.2 Å². The van der Waals surface area contributed by atoms with Gasteiger partial charge in [0.05, 0.1) is 12.2 Å². The van der Waals surface area contributed by atoms with Crippen molar-refractivity contribution in [3.8, 4) is 0 Å². The van der Waals surface area contributed by atoms with Gasteiger partial charge in [-0.3, -0.25) is 0 Å². The van der Waals surface area contributed by atoms with E-state index in [-0.39, 0.29) is 12.6 Å². The number of hydrogen-bond donors (Lipinski definition) is 1. The SMILES string of the molecule is Cc1cnc(C(C)NCc2ccc(F)cc2F)o1. The standard InChI is InChI=1S/C13H14F2N2O/c1-8-6-17-13(18-8)9(2)16-7-10-3-4-11(14)5-12(10)15/h3-6,9,16H,7H2,1-2H3. The number of oxazole rings is 1. The molecule has 2 aromatic rings. The maximum absolute atomic E-state index is 13.4. The van der Waals surface area contributed by atoms with Gasteiger partial charge >= 0.3 is 0 Å². The highest BCUT2D eigenvalue weighted by Crippen LogP contribution is 2.14. The van der Waals surface area contributed by atoms with Gasteiger partial charge in [-0.15, -0.1) is 0 Å². The summed E-state index contributed by atoms with van der Waals surface area (Å²) in [6, 6.07) is 3.39. The molecule has 0 bridgehead atoms. The summed E-state index contributed by atoms with van der Waals surface area (Å²) in [5.41, 5.74) is 0.409. The van der Waals surface area contributed by atoms with Crippen LogP contribution in [0.25, 0.3) is 0 Å². The molecule has 18 heavy (non-hydrogen) atoms. The zero-order valence-electron chi connectivity index (χ0n) is 10.2. The fraction of sp³-hybridized carbons (Fsp3) is 0.308. The Morgan fingerprint density at radius 3 is 2.78 bits per heavy atom. The van der Waals surface area contributed by atoms with Crippen LogP contribution >= 0.6 is 0 Å². The van der Waals surface area contributed by atoms with Gasteiger partial charge in [0, 0.05) is 18.2 Å². The van der Waals surface area contributed by atoms with Crippen LogP contribution in [0.4, 0.5) is 8.78 Å². The normalized spacial score (nSPS) is 12.7. The Bertz CT molecular complexity index is 540. The topological polar surface area (TPSA) is 38.1 Å². The fourth-order valence-electron chi connectivity index (χ4n) is 1.59. The Kier molecular flexibility index (Phi) is 3.72. The Morgan fingerprint density at radius 2 is 2.17 bits per heavy atom. The molecule has 1 heterocycles. The predicted molar refractivity (Wildman–Crippen MR) is 62.9 cm³/mol. The lowest BCUT2D eigenvalue weighted by molar-refractivity contribution is 0.400. The van der Waals surface area contributed by atoms with Gasteiger partial charge in [-0.05, 0) is 19.9 Å². The van der Waals surface area contributed by atoms with Crippen molar-refractivity contribution in [1.82, 2.24) is 10.3 Å². The molecule has 0 aliphatic rings. The van der Waals surface area contributed by atoms with E-state index < -0.39 is 11.6 Å². The summed E-state index contributed by atoms with van der Waals surface area (Å²) in [5.74, 6) is 0.146. The molecule has 0 amide bonds. The van der Waals surface area contributed by atoms with Crippen LogP contribution in [-0.4, -0.2) is 4.98 Å². The van der Waals surface area contributed by atoms with Gasteiger partial charge in [-0.1, -0.05) is 6.07 Å². The summed E-state index contributed by atoms with van der Waals surface area (Å²) in [7, 11) is 0. The Balaban J connectivity index is 1.99. The molecule has 1 atom stereocenters. The molecular weight excluding hydrogens is 238 g/mol. The number of nitrogens with one attached hydrogen (secondary N) is 1. The van der Waals surface area contributed by atoms with Crippen LogP contribution in [0.15, 0.2) is 28.8 Å². The van der Waals surface area contributed by atoms with Gasteiger partial charge in [0.25, 0.3) is 0 Å². The minimum atomic E-state index is -0.576. The van der Waals surface area contributed by atoms with Crippen molar-refractivity contribution in [3.05, 3.63) is 53.2 Å². The molecule has 0 saturated carbocycles. The lowest BCUT2D eigenvalue weighted by Gasteiger charge is -2.10. The number of halogens is 2. The van der Waals surface area contributed by atoms with E-state index in [2.05, 4.69) is 10.3 Å². The van der Waals surface area contributed by atoms with Gasteiger partial charge < -0.3 is 9.73 Å². The van der Waals surface area contributed by atoms with Crippen molar-refractivity contribution in [2.75, 3.05) is 0 Å².